The fourth-order valence-corrected chi connectivity index (χ4v) is 2.36. The Morgan fingerprint density at radius 2 is 2.11 bits per heavy atom. The Labute approximate surface area is 107 Å². The van der Waals surface area contributed by atoms with Crippen molar-refractivity contribution in [2.45, 2.75) is 45.1 Å². The molecule has 1 aromatic rings. The van der Waals surface area contributed by atoms with Gasteiger partial charge in [0.2, 0.25) is 0 Å². The van der Waals surface area contributed by atoms with Gasteiger partial charge in [0, 0.05) is 12.1 Å². The molecule has 98 valence electrons. The lowest BCUT2D eigenvalue weighted by molar-refractivity contribution is 0.0902. The molecule has 0 spiro atoms. The average Bonchev–Trinajstić information content (AvgIpc) is 2.76. The number of hydrogen-bond donors (Lipinski definition) is 2. The molecule has 18 heavy (non-hydrogen) atoms. The van der Waals surface area contributed by atoms with Gasteiger partial charge in [-0.3, -0.25) is 9.78 Å². The number of carbonyl (C=O) groups is 1. The first-order valence-corrected chi connectivity index (χ1v) is 6.51. The first-order valence-electron chi connectivity index (χ1n) is 6.51. The highest BCUT2D eigenvalue weighted by molar-refractivity contribution is 5.92. The Balaban J connectivity index is 2.06. The van der Waals surface area contributed by atoms with Crippen LogP contribution in [0.1, 0.15) is 50.0 Å². The summed E-state index contributed by atoms with van der Waals surface area (Å²) in [5, 5.41) is 6.12. The van der Waals surface area contributed by atoms with Gasteiger partial charge in [0.05, 0.1) is 12.4 Å². The van der Waals surface area contributed by atoms with Crippen molar-refractivity contribution in [2.24, 2.45) is 0 Å². The van der Waals surface area contributed by atoms with Crippen molar-refractivity contribution in [3.05, 3.63) is 18.1 Å². The standard InChI is InChI=1S/C13H20N4O/c1-3-15-11-9-14-8-10(16-11)12(18)17-13(2)6-4-5-7-13/h8-9H,3-7H2,1-2H3,(H,15,16)(H,17,18). The van der Waals surface area contributed by atoms with Crippen LogP contribution in [0.25, 0.3) is 0 Å². The first-order chi connectivity index (χ1) is 8.63. The molecule has 5 nitrogen and oxygen atoms in total. The molecule has 1 aliphatic rings. The second kappa shape index (κ2) is 5.33. The van der Waals surface area contributed by atoms with Crippen LogP contribution >= 0.6 is 0 Å². The van der Waals surface area contributed by atoms with E-state index in [1.807, 2.05) is 6.92 Å². The molecule has 1 aliphatic carbocycles. The lowest BCUT2D eigenvalue weighted by Gasteiger charge is -2.24. The Morgan fingerprint density at radius 1 is 1.39 bits per heavy atom. The van der Waals surface area contributed by atoms with Crippen LogP contribution in [0.5, 0.6) is 0 Å². The fourth-order valence-electron chi connectivity index (χ4n) is 2.36. The molecule has 1 aromatic heterocycles. The maximum atomic E-state index is 12.1. The predicted molar refractivity (Wildman–Crippen MR) is 70.5 cm³/mol. The van der Waals surface area contributed by atoms with Gasteiger partial charge >= 0.3 is 0 Å². The number of amides is 1. The number of rotatable bonds is 4. The minimum atomic E-state index is -0.133. The van der Waals surface area contributed by atoms with Crippen LogP contribution in [-0.2, 0) is 0 Å². The van der Waals surface area contributed by atoms with E-state index in [0.29, 0.717) is 11.5 Å². The van der Waals surface area contributed by atoms with E-state index >= 15 is 0 Å². The Kier molecular flexibility index (Phi) is 3.79. The molecular formula is C13H20N4O. The summed E-state index contributed by atoms with van der Waals surface area (Å²) in [5.41, 5.74) is 0.300. The molecule has 1 saturated carbocycles. The number of nitrogens with one attached hydrogen (secondary N) is 2. The second-order valence-electron chi connectivity index (χ2n) is 5.04. The van der Waals surface area contributed by atoms with Gasteiger partial charge in [0.25, 0.3) is 5.91 Å². The number of carbonyl (C=O) groups excluding carboxylic acids is 1. The monoisotopic (exact) mass is 248 g/mol. The molecule has 1 fully saturated rings. The zero-order valence-electron chi connectivity index (χ0n) is 11.0. The largest absolute Gasteiger partial charge is 0.369 e. The molecule has 0 aromatic carbocycles. The molecule has 0 atom stereocenters. The van der Waals surface area contributed by atoms with Gasteiger partial charge in [0.15, 0.2) is 0 Å². The third-order valence-electron chi connectivity index (χ3n) is 3.35. The molecule has 0 saturated heterocycles. The summed E-state index contributed by atoms with van der Waals surface area (Å²) in [6.07, 6.45) is 7.57. The lowest BCUT2D eigenvalue weighted by Crippen LogP contribution is -2.43. The summed E-state index contributed by atoms with van der Waals surface area (Å²) in [4.78, 5) is 20.4. The zero-order chi connectivity index (χ0) is 13.0. The van der Waals surface area contributed by atoms with E-state index < -0.39 is 0 Å². The van der Waals surface area contributed by atoms with Gasteiger partial charge in [-0.05, 0) is 26.7 Å². The maximum absolute atomic E-state index is 12.1. The zero-order valence-corrected chi connectivity index (χ0v) is 11.0. The topological polar surface area (TPSA) is 66.9 Å². The minimum absolute atomic E-state index is 0.0764. The number of aromatic nitrogens is 2. The van der Waals surface area contributed by atoms with Gasteiger partial charge < -0.3 is 10.6 Å². The Hall–Kier alpha value is -1.65. The maximum Gasteiger partial charge on any atom is 0.271 e. The van der Waals surface area contributed by atoms with Crippen LogP contribution < -0.4 is 10.6 Å². The van der Waals surface area contributed by atoms with Crippen LogP contribution in [0, 0.1) is 0 Å². The smallest absolute Gasteiger partial charge is 0.271 e. The van der Waals surface area contributed by atoms with E-state index in [9.17, 15) is 4.79 Å². The minimum Gasteiger partial charge on any atom is -0.369 e. The van der Waals surface area contributed by atoms with Crippen molar-refractivity contribution in [1.29, 1.82) is 0 Å². The lowest BCUT2D eigenvalue weighted by atomic mass is 10.0. The van der Waals surface area contributed by atoms with Crippen LogP contribution in [0.3, 0.4) is 0 Å². The average molecular weight is 248 g/mol. The molecule has 5 heteroatoms. The molecule has 1 amide bonds. The highest BCUT2D eigenvalue weighted by Crippen LogP contribution is 2.29. The predicted octanol–water partition coefficient (Wildman–Crippen LogP) is 1.97. The first kappa shape index (κ1) is 12.8. The van der Waals surface area contributed by atoms with Crippen LogP contribution in [0.15, 0.2) is 12.4 Å². The summed E-state index contributed by atoms with van der Waals surface area (Å²) in [6, 6.07) is 0. The second-order valence-corrected chi connectivity index (χ2v) is 5.04. The summed E-state index contributed by atoms with van der Waals surface area (Å²) < 4.78 is 0. The van der Waals surface area contributed by atoms with Crippen molar-refractivity contribution < 1.29 is 4.79 Å². The molecular weight excluding hydrogens is 228 g/mol. The third-order valence-corrected chi connectivity index (χ3v) is 3.35. The highest BCUT2D eigenvalue weighted by Gasteiger charge is 2.30. The fraction of sp³-hybridized carbons (Fsp3) is 0.615. The van der Waals surface area contributed by atoms with Crippen molar-refractivity contribution in [3.8, 4) is 0 Å². The number of anilines is 1. The SMILES string of the molecule is CCNc1cncc(C(=O)NC2(C)CCCC2)n1. The van der Waals surface area contributed by atoms with Gasteiger partial charge in [-0.25, -0.2) is 4.98 Å². The summed E-state index contributed by atoms with van der Waals surface area (Å²) in [6.45, 7) is 4.84. The van der Waals surface area contributed by atoms with Gasteiger partial charge in [-0.2, -0.15) is 0 Å². The van der Waals surface area contributed by atoms with E-state index in [0.717, 1.165) is 19.4 Å². The third kappa shape index (κ3) is 2.97. The normalized spacial score (nSPS) is 17.4. The van der Waals surface area contributed by atoms with Crippen molar-refractivity contribution in [1.82, 2.24) is 15.3 Å². The highest BCUT2D eigenvalue weighted by atomic mass is 16.2. The van der Waals surface area contributed by atoms with Crippen LogP contribution in [0.4, 0.5) is 5.82 Å². The molecule has 1 heterocycles. The number of nitrogens with zero attached hydrogens (tertiary/aromatic N) is 2. The molecule has 0 radical (unpaired) electrons. The van der Waals surface area contributed by atoms with Gasteiger partial charge in [-0.1, -0.05) is 12.8 Å². The molecule has 2 N–H and O–H groups in total. The van der Waals surface area contributed by atoms with E-state index in [2.05, 4.69) is 27.5 Å². The molecule has 0 unspecified atom stereocenters. The molecule has 2 rings (SSSR count). The van der Waals surface area contributed by atoms with E-state index in [-0.39, 0.29) is 11.4 Å². The Morgan fingerprint density at radius 3 is 2.78 bits per heavy atom. The van der Waals surface area contributed by atoms with E-state index in [1.165, 1.54) is 19.0 Å². The molecule has 0 aliphatic heterocycles. The summed E-state index contributed by atoms with van der Waals surface area (Å²) >= 11 is 0. The summed E-state index contributed by atoms with van der Waals surface area (Å²) in [7, 11) is 0. The Bertz CT molecular complexity index is 427. The van der Waals surface area contributed by atoms with E-state index in [4.69, 9.17) is 0 Å². The van der Waals surface area contributed by atoms with Crippen molar-refractivity contribution >= 4 is 11.7 Å². The summed E-state index contributed by atoms with van der Waals surface area (Å²) in [5.74, 6) is 0.508. The van der Waals surface area contributed by atoms with Crippen molar-refractivity contribution in [3.63, 3.8) is 0 Å². The molecule has 0 bridgehead atoms. The quantitative estimate of drug-likeness (QED) is 0.855. The van der Waals surface area contributed by atoms with Gasteiger partial charge in [-0.15, -0.1) is 0 Å². The van der Waals surface area contributed by atoms with Crippen LogP contribution in [-0.4, -0.2) is 28.0 Å². The van der Waals surface area contributed by atoms with Gasteiger partial charge in [0.1, 0.15) is 11.5 Å². The number of hydrogen-bond acceptors (Lipinski definition) is 4. The van der Waals surface area contributed by atoms with E-state index in [1.54, 1.807) is 6.20 Å². The van der Waals surface area contributed by atoms with Crippen molar-refractivity contribution in [2.75, 3.05) is 11.9 Å². The van der Waals surface area contributed by atoms with Crippen LogP contribution in [0.2, 0.25) is 0 Å².